The number of hydrogen-bond donors (Lipinski definition) is 0. The number of hydrogen-bond acceptors (Lipinski definition) is 4. The van der Waals surface area contributed by atoms with Gasteiger partial charge in [0.25, 0.3) is 0 Å². The van der Waals surface area contributed by atoms with Crippen LogP contribution in [0.4, 0.5) is 0 Å². The number of esters is 2. The highest BCUT2D eigenvalue weighted by atomic mass is 16.6. The quantitative estimate of drug-likeness (QED) is 0.624. The van der Waals surface area contributed by atoms with Crippen LogP contribution in [0.1, 0.15) is 18.4 Å². The van der Waals surface area contributed by atoms with Gasteiger partial charge >= 0.3 is 11.9 Å². The van der Waals surface area contributed by atoms with Gasteiger partial charge in [0.1, 0.15) is 5.76 Å². The predicted molar refractivity (Wildman–Crippen MR) is 74.4 cm³/mol. The summed E-state index contributed by atoms with van der Waals surface area (Å²) in [5.41, 5.74) is -0.297. The molecule has 1 aliphatic rings. The zero-order chi connectivity index (χ0) is 14.6. The van der Waals surface area contributed by atoms with Crippen LogP contribution in [-0.2, 0) is 19.1 Å². The lowest BCUT2D eigenvalue weighted by atomic mass is 9.82. The largest absolute Gasteiger partial charge is 0.468 e. The van der Waals surface area contributed by atoms with E-state index in [4.69, 9.17) is 9.47 Å². The molecule has 0 spiro atoms. The summed E-state index contributed by atoms with van der Waals surface area (Å²) in [6.45, 7) is 3.61. The van der Waals surface area contributed by atoms with E-state index in [2.05, 4.69) is 6.58 Å². The highest BCUT2D eigenvalue weighted by molar-refractivity contribution is 6.02. The zero-order valence-electron chi connectivity index (χ0n) is 11.3. The van der Waals surface area contributed by atoms with Gasteiger partial charge in [-0.2, -0.15) is 0 Å². The summed E-state index contributed by atoms with van der Waals surface area (Å²) in [5.74, 6) is -0.876. The highest BCUT2D eigenvalue weighted by Crippen LogP contribution is 2.40. The number of cyclic esters (lactones) is 1. The number of benzene rings is 1. The lowest BCUT2D eigenvalue weighted by molar-refractivity contribution is -0.162. The fourth-order valence-electron chi connectivity index (χ4n) is 2.22. The molecule has 1 aromatic rings. The second kappa shape index (κ2) is 5.74. The summed E-state index contributed by atoms with van der Waals surface area (Å²) < 4.78 is 9.68. The van der Waals surface area contributed by atoms with Gasteiger partial charge in [0.2, 0.25) is 0 Å². The maximum Gasteiger partial charge on any atom is 0.329 e. The van der Waals surface area contributed by atoms with E-state index < -0.39 is 17.4 Å². The van der Waals surface area contributed by atoms with Gasteiger partial charge in [-0.15, -0.1) is 0 Å². The minimum absolute atomic E-state index is 0.164. The lowest BCUT2D eigenvalue weighted by Crippen LogP contribution is -2.36. The van der Waals surface area contributed by atoms with E-state index in [1.54, 1.807) is 6.08 Å². The van der Waals surface area contributed by atoms with E-state index in [1.807, 2.05) is 36.4 Å². The molecule has 1 aliphatic heterocycles. The van der Waals surface area contributed by atoms with E-state index in [0.29, 0.717) is 5.76 Å². The van der Waals surface area contributed by atoms with E-state index in [1.165, 1.54) is 7.11 Å². The van der Waals surface area contributed by atoms with Gasteiger partial charge in [-0.25, -0.2) is 0 Å². The van der Waals surface area contributed by atoms with Crippen molar-refractivity contribution < 1.29 is 19.1 Å². The van der Waals surface area contributed by atoms with Gasteiger partial charge in [0, 0.05) is 6.42 Å². The molecule has 2 rings (SSSR count). The van der Waals surface area contributed by atoms with Gasteiger partial charge in [-0.3, -0.25) is 9.59 Å². The van der Waals surface area contributed by atoms with E-state index in [0.717, 1.165) is 5.56 Å². The van der Waals surface area contributed by atoms with Gasteiger partial charge in [-0.05, 0) is 12.0 Å². The number of carbonyl (C=O) groups excluding carboxylic acids is 2. The zero-order valence-corrected chi connectivity index (χ0v) is 11.3. The number of methoxy groups -OCH3 is 1. The van der Waals surface area contributed by atoms with Crippen molar-refractivity contribution in [2.24, 2.45) is 5.41 Å². The average molecular weight is 272 g/mol. The second-order valence-electron chi connectivity index (χ2n) is 4.70. The molecule has 0 aromatic heterocycles. The minimum atomic E-state index is -1.29. The summed E-state index contributed by atoms with van der Waals surface area (Å²) in [6, 6.07) is 9.63. The molecule has 1 fully saturated rings. The molecular weight excluding hydrogens is 256 g/mol. The summed E-state index contributed by atoms with van der Waals surface area (Å²) in [7, 11) is 1.26. The molecule has 0 radical (unpaired) electrons. The van der Waals surface area contributed by atoms with Crippen molar-refractivity contribution in [3.05, 3.63) is 54.3 Å². The lowest BCUT2D eigenvalue weighted by Gasteiger charge is -2.19. The first-order chi connectivity index (χ1) is 9.58. The van der Waals surface area contributed by atoms with Crippen molar-refractivity contribution in [3.63, 3.8) is 0 Å². The Balaban J connectivity index is 2.18. The van der Waals surface area contributed by atoms with Gasteiger partial charge in [-0.1, -0.05) is 49.1 Å². The van der Waals surface area contributed by atoms with Crippen LogP contribution in [0.15, 0.2) is 48.7 Å². The summed E-state index contributed by atoms with van der Waals surface area (Å²) in [5, 5.41) is 0. The van der Waals surface area contributed by atoms with Gasteiger partial charge in [0.05, 0.1) is 7.11 Å². The Labute approximate surface area is 117 Å². The molecule has 0 bridgehead atoms. The monoisotopic (exact) mass is 272 g/mol. The van der Waals surface area contributed by atoms with Crippen molar-refractivity contribution in [2.75, 3.05) is 7.11 Å². The molecule has 4 nitrogen and oxygen atoms in total. The van der Waals surface area contributed by atoms with Crippen LogP contribution in [0.25, 0.3) is 6.08 Å². The van der Waals surface area contributed by atoms with E-state index in [-0.39, 0.29) is 12.8 Å². The molecule has 1 atom stereocenters. The van der Waals surface area contributed by atoms with Crippen molar-refractivity contribution in [2.45, 2.75) is 12.8 Å². The maximum absolute atomic E-state index is 11.9. The van der Waals surface area contributed by atoms with Crippen molar-refractivity contribution in [3.8, 4) is 0 Å². The Morgan fingerprint density at radius 3 is 2.70 bits per heavy atom. The topological polar surface area (TPSA) is 52.6 Å². The van der Waals surface area contributed by atoms with Crippen molar-refractivity contribution in [1.29, 1.82) is 0 Å². The molecular formula is C16H16O4. The highest BCUT2D eigenvalue weighted by Gasteiger charge is 2.53. The molecule has 0 amide bonds. The summed E-state index contributed by atoms with van der Waals surface area (Å²) >= 11 is 0. The molecule has 20 heavy (non-hydrogen) atoms. The fourth-order valence-corrected chi connectivity index (χ4v) is 2.22. The number of carbonyl (C=O) groups is 2. The second-order valence-corrected chi connectivity index (χ2v) is 4.70. The van der Waals surface area contributed by atoms with Crippen LogP contribution in [0, 0.1) is 5.41 Å². The van der Waals surface area contributed by atoms with Crippen LogP contribution in [0.3, 0.4) is 0 Å². The third-order valence-corrected chi connectivity index (χ3v) is 3.28. The molecule has 4 heteroatoms. The normalized spacial score (nSPS) is 22.1. The third kappa shape index (κ3) is 2.64. The Morgan fingerprint density at radius 1 is 1.45 bits per heavy atom. The molecule has 1 unspecified atom stereocenters. The Bertz CT molecular complexity index is 559. The third-order valence-electron chi connectivity index (χ3n) is 3.28. The number of allylic oxidation sites excluding steroid dienone is 2. The Hall–Kier alpha value is -2.36. The van der Waals surface area contributed by atoms with E-state index in [9.17, 15) is 9.59 Å². The standard InChI is InChI=1S/C16H16O4/c1-12-11-16(14(17)19-2,15(18)20-12)10-6-9-13-7-4-3-5-8-13/h3-9H,1,10-11H2,2H3/b9-6+. The molecule has 104 valence electrons. The molecule has 1 aromatic carbocycles. The van der Waals surface area contributed by atoms with Crippen LogP contribution in [-0.4, -0.2) is 19.0 Å². The Morgan fingerprint density at radius 2 is 2.15 bits per heavy atom. The van der Waals surface area contributed by atoms with Crippen LogP contribution in [0.2, 0.25) is 0 Å². The maximum atomic E-state index is 11.9. The van der Waals surface area contributed by atoms with Crippen molar-refractivity contribution >= 4 is 18.0 Å². The Kier molecular flexibility index (Phi) is 4.03. The average Bonchev–Trinajstić information content (AvgIpc) is 2.74. The first-order valence-corrected chi connectivity index (χ1v) is 6.28. The predicted octanol–water partition coefficient (Wildman–Crippen LogP) is 2.71. The molecule has 0 N–H and O–H groups in total. The van der Waals surface area contributed by atoms with Crippen LogP contribution >= 0.6 is 0 Å². The smallest absolute Gasteiger partial charge is 0.329 e. The SMILES string of the molecule is C=C1CC(C/C=C/c2ccccc2)(C(=O)OC)C(=O)O1. The number of ether oxygens (including phenoxy) is 2. The first kappa shape index (κ1) is 14.1. The molecule has 1 heterocycles. The molecule has 0 saturated carbocycles. The van der Waals surface area contributed by atoms with Gasteiger partial charge in [0.15, 0.2) is 5.41 Å². The first-order valence-electron chi connectivity index (χ1n) is 6.28. The van der Waals surface area contributed by atoms with Crippen LogP contribution in [0.5, 0.6) is 0 Å². The molecule has 0 aliphatic carbocycles. The number of rotatable bonds is 4. The van der Waals surface area contributed by atoms with E-state index >= 15 is 0 Å². The minimum Gasteiger partial charge on any atom is -0.468 e. The summed E-state index contributed by atoms with van der Waals surface area (Å²) in [6.07, 6.45) is 4.04. The molecule has 1 saturated heterocycles. The van der Waals surface area contributed by atoms with Crippen LogP contribution < -0.4 is 0 Å². The fraction of sp³-hybridized carbons (Fsp3) is 0.250. The van der Waals surface area contributed by atoms with Crippen molar-refractivity contribution in [1.82, 2.24) is 0 Å². The van der Waals surface area contributed by atoms with Gasteiger partial charge < -0.3 is 9.47 Å². The summed E-state index contributed by atoms with van der Waals surface area (Å²) in [4.78, 5) is 23.9.